The van der Waals surface area contributed by atoms with E-state index in [0.29, 0.717) is 25.6 Å². The fraction of sp³-hybridized carbons (Fsp3) is 0.684. The molecule has 0 spiro atoms. The van der Waals surface area contributed by atoms with Crippen LogP contribution >= 0.6 is 0 Å². The number of hydrogen-bond donors (Lipinski definition) is 0. The van der Waals surface area contributed by atoms with Crippen LogP contribution in [0.2, 0.25) is 0 Å². The van der Waals surface area contributed by atoms with E-state index < -0.39 is 20.0 Å². The molecule has 2 fully saturated rings. The molecule has 2 aliphatic rings. The maximum atomic E-state index is 13.0. The molecule has 0 N–H and O–H groups in total. The van der Waals surface area contributed by atoms with Crippen LogP contribution in [0, 0.1) is 5.92 Å². The van der Waals surface area contributed by atoms with Crippen LogP contribution in [0.15, 0.2) is 34.1 Å². The van der Waals surface area contributed by atoms with Crippen molar-refractivity contribution in [1.82, 2.24) is 8.61 Å². The van der Waals surface area contributed by atoms with E-state index in [1.54, 1.807) is 4.31 Å². The van der Waals surface area contributed by atoms with Gasteiger partial charge in [-0.3, -0.25) is 0 Å². The Labute approximate surface area is 163 Å². The van der Waals surface area contributed by atoms with Gasteiger partial charge in [-0.05, 0) is 62.3 Å². The molecule has 1 aromatic carbocycles. The lowest BCUT2D eigenvalue weighted by molar-refractivity contribution is 0.246. The van der Waals surface area contributed by atoms with Crippen molar-refractivity contribution in [3.05, 3.63) is 24.3 Å². The first kappa shape index (κ1) is 20.8. The highest BCUT2D eigenvalue weighted by Gasteiger charge is 2.33. The Bertz CT molecular complexity index is 842. The number of benzene rings is 1. The maximum absolute atomic E-state index is 13.0. The molecular weight excluding hydrogens is 384 g/mol. The first-order valence-corrected chi connectivity index (χ1v) is 12.8. The second kappa shape index (κ2) is 8.19. The molecule has 1 unspecified atom stereocenters. The molecule has 1 atom stereocenters. The van der Waals surface area contributed by atoms with Crippen LogP contribution < -0.4 is 0 Å². The first-order chi connectivity index (χ1) is 12.8. The molecule has 1 aromatic rings. The van der Waals surface area contributed by atoms with E-state index in [1.165, 1.54) is 28.6 Å². The summed E-state index contributed by atoms with van der Waals surface area (Å²) in [6.07, 6.45) is 5.32. The Morgan fingerprint density at radius 3 is 1.96 bits per heavy atom. The lowest BCUT2D eigenvalue weighted by atomic mass is 10.0. The zero-order valence-electron chi connectivity index (χ0n) is 16.2. The Kier molecular flexibility index (Phi) is 6.30. The van der Waals surface area contributed by atoms with Gasteiger partial charge in [-0.2, -0.15) is 8.61 Å². The molecule has 0 radical (unpaired) electrons. The monoisotopic (exact) mass is 414 g/mol. The third-order valence-corrected chi connectivity index (χ3v) is 9.73. The van der Waals surface area contributed by atoms with Crippen molar-refractivity contribution in [3.8, 4) is 0 Å². The van der Waals surface area contributed by atoms with Crippen LogP contribution in [0.1, 0.15) is 52.4 Å². The van der Waals surface area contributed by atoms with E-state index >= 15 is 0 Å². The summed E-state index contributed by atoms with van der Waals surface area (Å²) < 4.78 is 54.8. The zero-order chi connectivity index (χ0) is 19.7. The predicted octanol–water partition coefficient (Wildman–Crippen LogP) is 3.06. The van der Waals surface area contributed by atoms with Gasteiger partial charge in [-0.15, -0.1) is 0 Å². The van der Waals surface area contributed by atoms with Gasteiger partial charge in [0.05, 0.1) is 9.79 Å². The van der Waals surface area contributed by atoms with Crippen molar-refractivity contribution in [2.45, 2.75) is 68.2 Å². The van der Waals surface area contributed by atoms with Gasteiger partial charge in [0.2, 0.25) is 20.0 Å². The molecule has 0 aliphatic carbocycles. The highest BCUT2D eigenvalue weighted by molar-refractivity contribution is 7.89. The molecule has 2 saturated heterocycles. The van der Waals surface area contributed by atoms with Crippen molar-refractivity contribution in [2.24, 2.45) is 5.92 Å². The standard InChI is InChI=1S/C19H30N2O4S2/c1-3-17-6-4-5-13-21(17)27(24,25)19-9-7-18(8-10-19)26(22,23)20-14-11-16(2)12-15-20/h7-10,16-17H,3-6,11-15H2,1-2H3. The zero-order valence-corrected chi connectivity index (χ0v) is 17.8. The topological polar surface area (TPSA) is 74.8 Å². The summed E-state index contributed by atoms with van der Waals surface area (Å²) in [5, 5.41) is 0. The number of rotatable bonds is 5. The number of hydrogen-bond acceptors (Lipinski definition) is 4. The minimum absolute atomic E-state index is 0.0301. The van der Waals surface area contributed by atoms with Gasteiger partial charge in [0, 0.05) is 25.7 Å². The highest BCUT2D eigenvalue weighted by atomic mass is 32.2. The van der Waals surface area contributed by atoms with Crippen molar-refractivity contribution >= 4 is 20.0 Å². The minimum atomic E-state index is -3.59. The Morgan fingerprint density at radius 2 is 1.41 bits per heavy atom. The number of nitrogens with zero attached hydrogens (tertiary/aromatic N) is 2. The third-order valence-electron chi connectivity index (χ3n) is 5.86. The number of piperidine rings is 2. The van der Waals surface area contributed by atoms with Crippen LogP contribution in [-0.4, -0.2) is 51.1 Å². The molecule has 0 bridgehead atoms. The lowest BCUT2D eigenvalue weighted by Gasteiger charge is -2.34. The molecule has 2 aliphatic heterocycles. The van der Waals surface area contributed by atoms with Crippen LogP contribution in [0.3, 0.4) is 0 Å². The molecule has 0 amide bonds. The molecule has 152 valence electrons. The van der Waals surface area contributed by atoms with E-state index in [2.05, 4.69) is 6.92 Å². The lowest BCUT2D eigenvalue weighted by Crippen LogP contribution is -2.43. The van der Waals surface area contributed by atoms with Crippen molar-refractivity contribution in [3.63, 3.8) is 0 Å². The molecule has 6 nitrogen and oxygen atoms in total. The van der Waals surface area contributed by atoms with Gasteiger partial charge in [0.15, 0.2) is 0 Å². The van der Waals surface area contributed by atoms with Crippen LogP contribution in [0.25, 0.3) is 0 Å². The summed E-state index contributed by atoms with van der Waals surface area (Å²) in [6.45, 7) is 5.72. The van der Waals surface area contributed by atoms with Gasteiger partial charge in [0.1, 0.15) is 0 Å². The van der Waals surface area contributed by atoms with Gasteiger partial charge >= 0.3 is 0 Å². The van der Waals surface area contributed by atoms with Crippen LogP contribution in [0.4, 0.5) is 0 Å². The van der Waals surface area contributed by atoms with Crippen molar-refractivity contribution in [2.75, 3.05) is 19.6 Å². The first-order valence-electron chi connectivity index (χ1n) is 9.89. The molecule has 0 saturated carbocycles. The van der Waals surface area contributed by atoms with Crippen molar-refractivity contribution < 1.29 is 16.8 Å². The minimum Gasteiger partial charge on any atom is -0.207 e. The van der Waals surface area contributed by atoms with E-state index in [0.717, 1.165) is 38.5 Å². The summed E-state index contributed by atoms with van der Waals surface area (Å²) in [7, 11) is -7.16. The molecule has 8 heteroatoms. The fourth-order valence-corrected chi connectivity index (χ4v) is 7.23. The average molecular weight is 415 g/mol. The summed E-state index contributed by atoms with van der Waals surface area (Å²) >= 11 is 0. The van der Waals surface area contributed by atoms with Crippen LogP contribution in [0.5, 0.6) is 0 Å². The Morgan fingerprint density at radius 1 is 0.852 bits per heavy atom. The largest absolute Gasteiger partial charge is 0.243 e. The van der Waals surface area contributed by atoms with E-state index in [-0.39, 0.29) is 15.8 Å². The second-order valence-electron chi connectivity index (χ2n) is 7.73. The normalized spacial score (nSPS) is 24.1. The third kappa shape index (κ3) is 4.23. The van der Waals surface area contributed by atoms with Gasteiger partial charge in [-0.1, -0.05) is 20.3 Å². The highest BCUT2D eigenvalue weighted by Crippen LogP contribution is 2.29. The summed E-state index contributed by atoms with van der Waals surface area (Å²) in [4.78, 5) is 0.343. The Hall–Kier alpha value is -0.960. The molecule has 27 heavy (non-hydrogen) atoms. The van der Waals surface area contributed by atoms with Gasteiger partial charge in [-0.25, -0.2) is 16.8 Å². The number of sulfonamides is 2. The second-order valence-corrected chi connectivity index (χ2v) is 11.6. The van der Waals surface area contributed by atoms with Crippen molar-refractivity contribution in [1.29, 1.82) is 0 Å². The molecule has 2 heterocycles. The fourth-order valence-electron chi connectivity index (χ4n) is 3.99. The smallest absolute Gasteiger partial charge is 0.207 e. The quantitative estimate of drug-likeness (QED) is 0.742. The summed E-state index contributed by atoms with van der Waals surface area (Å²) in [6, 6.07) is 5.78. The molecular formula is C19H30N2O4S2. The molecule has 3 rings (SSSR count). The molecule has 0 aromatic heterocycles. The average Bonchev–Trinajstić information content (AvgIpc) is 2.68. The summed E-state index contributed by atoms with van der Waals surface area (Å²) in [5.41, 5.74) is 0. The SMILES string of the molecule is CCC1CCCCN1S(=O)(=O)c1ccc(S(=O)(=O)N2CCC(C)CC2)cc1. The van der Waals surface area contributed by atoms with Crippen LogP contribution in [-0.2, 0) is 20.0 Å². The maximum Gasteiger partial charge on any atom is 0.243 e. The van der Waals surface area contributed by atoms with E-state index in [9.17, 15) is 16.8 Å². The van der Waals surface area contributed by atoms with Gasteiger partial charge in [0.25, 0.3) is 0 Å². The predicted molar refractivity (Wildman–Crippen MR) is 105 cm³/mol. The Balaban J connectivity index is 1.82. The summed E-state index contributed by atoms with van der Waals surface area (Å²) in [5.74, 6) is 0.542. The van der Waals surface area contributed by atoms with Gasteiger partial charge < -0.3 is 0 Å². The van der Waals surface area contributed by atoms with E-state index in [1.807, 2.05) is 6.92 Å². The van der Waals surface area contributed by atoms with E-state index in [4.69, 9.17) is 0 Å².